The van der Waals surface area contributed by atoms with E-state index in [1.807, 2.05) is 22.2 Å². The number of aromatic amines is 2. The van der Waals surface area contributed by atoms with Gasteiger partial charge in [-0.05, 0) is 83.0 Å². The van der Waals surface area contributed by atoms with Gasteiger partial charge in [0, 0.05) is 37.1 Å². The second-order valence-electron chi connectivity index (χ2n) is 13.4. The molecule has 4 heterocycles. The number of nitrogens with one attached hydrogen (secondary N) is 2. The molecule has 4 aromatic carbocycles. The first-order valence-corrected chi connectivity index (χ1v) is 17.6. The second-order valence-corrected chi connectivity index (χ2v) is 13.4. The predicted molar refractivity (Wildman–Crippen MR) is 191 cm³/mol. The number of hydrogen-bond donors (Lipinski definition) is 2. The Morgan fingerprint density at radius 3 is 1.52 bits per heavy atom. The maximum absolute atomic E-state index is 12.8. The summed E-state index contributed by atoms with van der Waals surface area (Å²) < 4.78 is 0. The summed E-state index contributed by atoms with van der Waals surface area (Å²) >= 11 is 0. The van der Waals surface area contributed by atoms with Crippen LogP contribution in [0.15, 0.2) is 73.1 Å². The van der Waals surface area contributed by atoms with Crippen molar-refractivity contribution in [1.82, 2.24) is 29.7 Å². The molecule has 2 atom stereocenters. The van der Waals surface area contributed by atoms with Crippen LogP contribution in [0.2, 0.25) is 0 Å². The van der Waals surface area contributed by atoms with Crippen LogP contribution in [0.3, 0.4) is 0 Å². The maximum Gasteiger partial charge on any atom is 0.223 e. The highest BCUT2D eigenvalue weighted by Gasteiger charge is 2.32. The molecule has 6 aromatic rings. The zero-order chi connectivity index (χ0) is 32.8. The normalized spacial score (nSPS) is 18.1. The summed E-state index contributed by atoms with van der Waals surface area (Å²) in [5.41, 5.74) is 4.09. The molecule has 0 radical (unpaired) electrons. The highest BCUT2D eigenvalue weighted by atomic mass is 16.2. The van der Waals surface area contributed by atoms with Gasteiger partial charge in [-0.15, -0.1) is 0 Å². The maximum atomic E-state index is 12.8. The fourth-order valence-corrected chi connectivity index (χ4v) is 8.01. The van der Waals surface area contributed by atoms with Gasteiger partial charge in [0.05, 0.1) is 35.9 Å². The van der Waals surface area contributed by atoms with Crippen LogP contribution < -0.4 is 0 Å². The van der Waals surface area contributed by atoms with E-state index in [1.165, 1.54) is 32.3 Å². The van der Waals surface area contributed by atoms with Crippen LogP contribution in [0, 0.1) is 0 Å². The van der Waals surface area contributed by atoms with E-state index in [1.54, 1.807) is 0 Å². The molecule has 0 aliphatic carbocycles. The molecule has 244 valence electrons. The molecular weight excluding hydrogens is 596 g/mol. The van der Waals surface area contributed by atoms with Crippen LogP contribution in [0.25, 0.3) is 54.8 Å². The Bertz CT molecular complexity index is 1990. The molecule has 2 amide bonds. The van der Waals surface area contributed by atoms with Crippen LogP contribution in [0.4, 0.5) is 0 Å². The Hall–Kier alpha value is -4.98. The lowest BCUT2D eigenvalue weighted by atomic mass is 9.91. The SMILES string of the molecule is CCCC(=O)N1CCC[C@H]1c1ncc(-c2ccc3c4ccc(-c5cnc([C@@H]6CCCN6C(=O)CCC)[nH]5)cc4c4ccccc4c3c2)[nH]1. The minimum Gasteiger partial charge on any atom is -0.340 e. The van der Waals surface area contributed by atoms with Crippen molar-refractivity contribution in [2.45, 2.75) is 77.3 Å². The largest absolute Gasteiger partial charge is 0.340 e. The molecule has 2 fully saturated rings. The van der Waals surface area contributed by atoms with Gasteiger partial charge in [0.15, 0.2) is 0 Å². The van der Waals surface area contributed by atoms with Gasteiger partial charge in [-0.1, -0.05) is 62.4 Å². The Morgan fingerprint density at radius 2 is 1.08 bits per heavy atom. The van der Waals surface area contributed by atoms with Crippen LogP contribution in [0.5, 0.6) is 0 Å². The zero-order valence-electron chi connectivity index (χ0n) is 27.8. The Kier molecular flexibility index (Phi) is 7.95. The summed E-state index contributed by atoms with van der Waals surface area (Å²) in [7, 11) is 0. The lowest BCUT2D eigenvalue weighted by molar-refractivity contribution is -0.133. The van der Waals surface area contributed by atoms with Crippen LogP contribution in [0.1, 0.15) is 88.9 Å². The molecule has 8 rings (SSSR count). The minimum atomic E-state index is 0.0174. The van der Waals surface area contributed by atoms with Crippen molar-refractivity contribution in [1.29, 1.82) is 0 Å². The molecule has 0 spiro atoms. The number of carbonyl (C=O) groups is 2. The first kappa shape index (κ1) is 30.4. The molecule has 2 aromatic heterocycles. The first-order chi connectivity index (χ1) is 23.5. The van der Waals surface area contributed by atoms with Gasteiger partial charge in [-0.25, -0.2) is 9.97 Å². The predicted octanol–water partition coefficient (Wildman–Crippen LogP) is 8.85. The summed E-state index contributed by atoms with van der Waals surface area (Å²) in [6, 6.07) is 22.0. The number of nitrogens with zero attached hydrogens (tertiary/aromatic N) is 4. The number of rotatable bonds is 8. The van der Waals surface area contributed by atoms with E-state index in [-0.39, 0.29) is 23.9 Å². The average molecular weight is 639 g/mol. The van der Waals surface area contributed by atoms with Crippen molar-refractivity contribution >= 4 is 44.1 Å². The van der Waals surface area contributed by atoms with E-state index in [2.05, 4.69) is 84.5 Å². The van der Waals surface area contributed by atoms with Crippen molar-refractivity contribution in [2.75, 3.05) is 13.1 Å². The minimum absolute atomic E-state index is 0.0174. The van der Waals surface area contributed by atoms with E-state index in [4.69, 9.17) is 9.97 Å². The summed E-state index contributed by atoms with van der Waals surface area (Å²) in [5, 5.41) is 7.20. The number of H-pyrrole nitrogens is 2. The molecule has 0 bridgehead atoms. The van der Waals surface area contributed by atoms with Crippen LogP contribution >= 0.6 is 0 Å². The number of amides is 2. The van der Waals surface area contributed by atoms with Crippen molar-refractivity contribution < 1.29 is 9.59 Å². The molecular formula is C40H42N6O2. The summed E-state index contributed by atoms with van der Waals surface area (Å²) in [6.07, 6.45) is 10.6. The van der Waals surface area contributed by atoms with E-state index in [0.717, 1.165) is 85.8 Å². The van der Waals surface area contributed by atoms with Gasteiger partial charge in [0.1, 0.15) is 11.6 Å². The van der Waals surface area contributed by atoms with Gasteiger partial charge in [0.25, 0.3) is 0 Å². The summed E-state index contributed by atoms with van der Waals surface area (Å²) in [6.45, 7) is 5.71. The Labute approximate surface area is 280 Å². The lowest BCUT2D eigenvalue weighted by Gasteiger charge is -2.23. The van der Waals surface area contributed by atoms with E-state index < -0.39 is 0 Å². The number of likely N-dealkylation sites (tertiary alicyclic amines) is 2. The first-order valence-electron chi connectivity index (χ1n) is 17.6. The highest BCUT2D eigenvalue weighted by Crippen LogP contribution is 2.40. The molecule has 2 N–H and O–H groups in total. The van der Waals surface area contributed by atoms with Crippen molar-refractivity contribution in [3.8, 4) is 22.5 Å². The Morgan fingerprint density at radius 1 is 0.646 bits per heavy atom. The number of benzene rings is 4. The second kappa shape index (κ2) is 12.6. The molecule has 2 saturated heterocycles. The summed E-state index contributed by atoms with van der Waals surface area (Å²) in [4.78, 5) is 46.2. The number of hydrogen-bond acceptors (Lipinski definition) is 4. The van der Waals surface area contributed by atoms with Gasteiger partial charge in [-0.2, -0.15) is 0 Å². The smallest absolute Gasteiger partial charge is 0.223 e. The number of aromatic nitrogens is 4. The number of carbonyl (C=O) groups excluding carboxylic acids is 2. The number of fused-ring (bicyclic) bond motifs is 6. The molecule has 8 heteroatoms. The highest BCUT2D eigenvalue weighted by molar-refractivity contribution is 6.26. The van der Waals surface area contributed by atoms with E-state index >= 15 is 0 Å². The van der Waals surface area contributed by atoms with Gasteiger partial charge in [-0.3, -0.25) is 9.59 Å². The van der Waals surface area contributed by atoms with Gasteiger partial charge >= 0.3 is 0 Å². The van der Waals surface area contributed by atoms with Crippen LogP contribution in [-0.4, -0.2) is 54.6 Å². The lowest BCUT2D eigenvalue weighted by Crippen LogP contribution is -2.30. The average Bonchev–Trinajstić information content (AvgIpc) is 3.94. The standard InChI is InChI=1S/C40H42N6O2/c1-3-9-37(47)45-19-7-13-35(45)39-41-23-33(43-39)25-15-17-29-30-18-16-26(22-32(30)28-12-6-5-11-27(28)31(29)21-25)34-24-42-40(44-34)36-14-8-20-46(36)38(48)10-4-2/h5-6,11-12,15-18,21-24,35-36H,3-4,7-10,13-14,19-20H2,1-2H3,(H,41,43)(H,42,44)/t35-,36-/m0/s1. The summed E-state index contributed by atoms with van der Waals surface area (Å²) in [5.74, 6) is 2.19. The molecule has 8 nitrogen and oxygen atoms in total. The van der Waals surface area contributed by atoms with Gasteiger partial charge < -0.3 is 19.8 Å². The number of imidazole rings is 2. The van der Waals surface area contributed by atoms with Crippen molar-refractivity contribution in [3.63, 3.8) is 0 Å². The van der Waals surface area contributed by atoms with Gasteiger partial charge in [0.2, 0.25) is 11.8 Å². The topological polar surface area (TPSA) is 98.0 Å². The third-order valence-electron chi connectivity index (χ3n) is 10.4. The quantitative estimate of drug-likeness (QED) is 0.163. The van der Waals surface area contributed by atoms with E-state index in [9.17, 15) is 9.59 Å². The molecule has 2 aliphatic rings. The zero-order valence-corrected chi connectivity index (χ0v) is 27.8. The monoisotopic (exact) mass is 638 g/mol. The molecule has 0 unspecified atom stereocenters. The third-order valence-corrected chi connectivity index (χ3v) is 10.4. The van der Waals surface area contributed by atoms with Crippen molar-refractivity contribution in [2.24, 2.45) is 0 Å². The molecule has 0 saturated carbocycles. The fourth-order valence-electron chi connectivity index (χ4n) is 8.01. The Balaban J connectivity index is 1.14. The molecule has 48 heavy (non-hydrogen) atoms. The third kappa shape index (κ3) is 5.24. The van der Waals surface area contributed by atoms with Crippen LogP contribution in [-0.2, 0) is 9.59 Å². The fraction of sp³-hybridized carbons (Fsp3) is 0.350. The van der Waals surface area contributed by atoms with E-state index in [0.29, 0.717) is 12.8 Å². The van der Waals surface area contributed by atoms with Crippen molar-refractivity contribution in [3.05, 3.63) is 84.7 Å². The molecule has 2 aliphatic heterocycles.